The molecule has 0 spiro atoms. The van der Waals surface area contributed by atoms with Crippen LogP contribution in [-0.4, -0.2) is 29.8 Å². The van der Waals surface area contributed by atoms with E-state index in [1.54, 1.807) is 0 Å². The highest BCUT2D eigenvalue weighted by atomic mass is 79.9. The summed E-state index contributed by atoms with van der Waals surface area (Å²) in [6, 6.07) is 5.78. The van der Waals surface area contributed by atoms with Crippen molar-refractivity contribution in [3.63, 3.8) is 0 Å². The van der Waals surface area contributed by atoms with Crippen LogP contribution in [0.15, 0.2) is 22.7 Å². The lowest BCUT2D eigenvalue weighted by molar-refractivity contribution is -0.134. The normalized spacial score (nSPS) is 24.0. The lowest BCUT2D eigenvalue weighted by Gasteiger charge is -2.20. The number of anilines is 1. The van der Waals surface area contributed by atoms with Crippen LogP contribution < -0.4 is 5.32 Å². The highest BCUT2D eigenvalue weighted by Crippen LogP contribution is 2.41. The molecule has 2 atom stereocenters. The van der Waals surface area contributed by atoms with E-state index in [0.717, 1.165) is 41.7 Å². The largest absolute Gasteiger partial charge is 0.342 e. The van der Waals surface area contributed by atoms with Crippen molar-refractivity contribution < 1.29 is 9.59 Å². The van der Waals surface area contributed by atoms with E-state index in [1.165, 1.54) is 12.8 Å². The van der Waals surface area contributed by atoms with E-state index in [0.29, 0.717) is 6.42 Å². The number of halogens is 1. The lowest BCUT2D eigenvalue weighted by Crippen LogP contribution is -2.34. The highest BCUT2D eigenvalue weighted by molar-refractivity contribution is 9.10. The zero-order chi connectivity index (χ0) is 16.4. The summed E-state index contributed by atoms with van der Waals surface area (Å²) in [6.45, 7) is 3.68. The van der Waals surface area contributed by atoms with E-state index >= 15 is 0 Å². The number of benzene rings is 1. The van der Waals surface area contributed by atoms with Gasteiger partial charge >= 0.3 is 0 Å². The van der Waals surface area contributed by atoms with Crippen molar-refractivity contribution in [2.75, 3.05) is 18.4 Å². The van der Waals surface area contributed by atoms with E-state index in [9.17, 15) is 9.59 Å². The summed E-state index contributed by atoms with van der Waals surface area (Å²) >= 11 is 3.42. The molecule has 2 amide bonds. The molecule has 1 aliphatic carbocycles. The van der Waals surface area contributed by atoms with Gasteiger partial charge in [-0.15, -0.1) is 0 Å². The molecule has 0 bridgehead atoms. The number of likely N-dealkylation sites (tertiary alicyclic amines) is 1. The second-order valence-electron chi connectivity index (χ2n) is 6.64. The molecule has 1 saturated carbocycles. The summed E-state index contributed by atoms with van der Waals surface area (Å²) in [5, 5.41) is 2.97. The molecule has 3 rings (SSSR count). The fraction of sp³-hybridized carbons (Fsp3) is 0.556. The van der Waals surface area contributed by atoms with Crippen molar-refractivity contribution in [3.8, 4) is 0 Å². The van der Waals surface area contributed by atoms with Gasteiger partial charge < -0.3 is 10.2 Å². The topological polar surface area (TPSA) is 49.4 Å². The minimum absolute atomic E-state index is 0.0244. The van der Waals surface area contributed by atoms with Crippen LogP contribution in [0, 0.1) is 18.8 Å². The Morgan fingerprint density at radius 2 is 1.83 bits per heavy atom. The molecule has 2 fully saturated rings. The first-order valence-corrected chi connectivity index (χ1v) is 9.21. The first-order valence-electron chi connectivity index (χ1n) is 8.42. The SMILES string of the molecule is Cc1cc(Br)ccc1NC(=O)C1CC1C(=O)N1CCCCCC1. The number of aryl methyl sites for hydroxylation is 1. The van der Waals surface area contributed by atoms with Gasteiger partial charge in [0, 0.05) is 23.2 Å². The number of hydrogen-bond donors (Lipinski definition) is 1. The maximum atomic E-state index is 12.5. The number of nitrogens with zero attached hydrogens (tertiary/aromatic N) is 1. The summed E-state index contributed by atoms with van der Waals surface area (Å²) in [7, 11) is 0. The quantitative estimate of drug-likeness (QED) is 0.870. The summed E-state index contributed by atoms with van der Waals surface area (Å²) in [6.07, 6.45) is 5.29. The van der Waals surface area contributed by atoms with E-state index in [-0.39, 0.29) is 23.7 Å². The summed E-state index contributed by atoms with van der Waals surface area (Å²) < 4.78 is 0.994. The van der Waals surface area contributed by atoms with Gasteiger partial charge in [-0.3, -0.25) is 9.59 Å². The number of carbonyl (C=O) groups excluding carboxylic acids is 2. The molecule has 5 heteroatoms. The third-order valence-corrected chi connectivity index (χ3v) is 5.30. The van der Waals surface area contributed by atoms with E-state index in [1.807, 2.05) is 30.0 Å². The lowest BCUT2D eigenvalue weighted by atomic mass is 10.2. The van der Waals surface area contributed by atoms with Crippen molar-refractivity contribution >= 4 is 33.4 Å². The Kier molecular flexibility index (Phi) is 5.05. The van der Waals surface area contributed by atoms with Crippen LogP contribution in [0.3, 0.4) is 0 Å². The minimum atomic E-state index is -0.159. The van der Waals surface area contributed by atoms with Gasteiger partial charge in [-0.1, -0.05) is 28.8 Å². The van der Waals surface area contributed by atoms with E-state index in [2.05, 4.69) is 21.2 Å². The van der Waals surface area contributed by atoms with Crippen molar-refractivity contribution in [3.05, 3.63) is 28.2 Å². The maximum Gasteiger partial charge on any atom is 0.228 e. The molecule has 1 aromatic rings. The Bertz CT molecular complexity index is 609. The standard InChI is InChI=1S/C18H23BrN2O2/c1-12-10-13(19)6-7-16(12)20-17(22)14-11-15(14)18(23)21-8-4-2-3-5-9-21/h6-7,10,14-15H,2-5,8-9,11H2,1H3,(H,20,22). The average molecular weight is 379 g/mol. The molecule has 0 aromatic heterocycles. The van der Waals surface area contributed by atoms with Gasteiger partial charge in [-0.2, -0.15) is 0 Å². The zero-order valence-electron chi connectivity index (χ0n) is 13.5. The van der Waals surface area contributed by atoms with Gasteiger partial charge in [0.05, 0.1) is 11.8 Å². The molecule has 4 nitrogen and oxygen atoms in total. The molecule has 1 aromatic carbocycles. The first-order chi connectivity index (χ1) is 11.1. The highest BCUT2D eigenvalue weighted by Gasteiger charge is 2.49. The molecule has 23 heavy (non-hydrogen) atoms. The van der Waals surface area contributed by atoms with E-state index < -0.39 is 0 Å². The third kappa shape index (κ3) is 3.94. The molecule has 2 aliphatic rings. The molecule has 1 saturated heterocycles. The molecular formula is C18H23BrN2O2. The Morgan fingerprint density at radius 3 is 2.48 bits per heavy atom. The second-order valence-corrected chi connectivity index (χ2v) is 7.55. The molecule has 124 valence electrons. The maximum absolute atomic E-state index is 12.5. The number of hydrogen-bond acceptors (Lipinski definition) is 2. The van der Waals surface area contributed by atoms with Crippen molar-refractivity contribution in [2.45, 2.75) is 39.0 Å². The summed E-state index contributed by atoms with van der Waals surface area (Å²) in [5.41, 5.74) is 1.84. The van der Waals surface area contributed by atoms with Crippen LogP contribution in [0.25, 0.3) is 0 Å². The Labute approximate surface area is 145 Å². The fourth-order valence-corrected chi connectivity index (χ4v) is 3.75. The predicted octanol–water partition coefficient (Wildman–Crippen LogP) is 3.73. The average Bonchev–Trinajstić information content (AvgIpc) is 3.33. The van der Waals surface area contributed by atoms with Crippen molar-refractivity contribution in [2.24, 2.45) is 11.8 Å². The van der Waals surface area contributed by atoms with Gasteiger partial charge in [0.15, 0.2) is 0 Å². The number of carbonyl (C=O) groups is 2. The smallest absolute Gasteiger partial charge is 0.228 e. The molecule has 2 unspecified atom stereocenters. The van der Waals surface area contributed by atoms with Gasteiger partial charge in [0.2, 0.25) is 11.8 Å². The minimum Gasteiger partial charge on any atom is -0.342 e. The molecule has 1 heterocycles. The number of nitrogens with one attached hydrogen (secondary N) is 1. The predicted molar refractivity (Wildman–Crippen MR) is 94.2 cm³/mol. The first kappa shape index (κ1) is 16.5. The van der Waals surface area contributed by atoms with Gasteiger partial charge in [-0.25, -0.2) is 0 Å². The van der Waals surface area contributed by atoms with Gasteiger partial charge in [0.1, 0.15) is 0 Å². The monoisotopic (exact) mass is 378 g/mol. The van der Waals surface area contributed by atoms with Gasteiger partial charge in [0.25, 0.3) is 0 Å². The van der Waals surface area contributed by atoms with Crippen molar-refractivity contribution in [1.82, 2.24) is 4.90 Å². The Hall–Kier alpha value is -1.36. The van der Waals surface area contributed by atoms with Crippen LogP contribution >= 0.6 is 15.9 Å². The fourth-order valence-electron chi connectivity index (χ4n) is 3.28. The van der Waals surface area contributed by atoms with Crippen LogP contribution in [0.2, 0.25) is 0 Å². The molecule has 1 aliphatic heterocycles. The van der Waals surface area contributed by atoms with Gasteiger partial charge in [-0.05, 0) is 49.9 Å². The number of rotatable bonds is 3. The molecule has 0 radical (unpaired) electrons. The van der Waals surface area contributed by atoms with Crippen molar-refractivity contribution in [1.29, 1.82) is 0 Å². The van der Waals surface area contributed by atoms with Crippen LogP contribution in [0.5, 0.6) is 0 Å². The van der Waals surface area contributed by atoms with E-state index in [4.69, 9.17) is 0 Å². The molecular weight excluding hydrogens is 356 g/mol. The van der Waals surface area contributed by atoms with Crippen LogP contribution in [-0.2, 0) is 9.59 Å². The summed E-state index contributed by atoms with van der Waals surface area (Å²) in [4.78, 5) is 26.9. The zero-order valence-corrected chi connectivity index (χ0v) is 15.1. The molecule has 1 N–H and O–H groups in total. The second kappa shape index (κ2) is 7.04. The Morgan fingerprint density at radius 1 is 1.13 bits per heavy atom. The number of amides is 2. The van der Waals surface area contributed by atoms with Crippen LogP contribution in [0.1, 0.15) is 37.7 Å². The third-order valence-electron chi connectivity index (χ3n) is 4.81. The summed E-state index contributed by atoms with van der Waals surface area (Å²) in [5.74, 6) is -0.110. The van der Waals surface area contributed by atoms with Crippen LogP contribution in [0.4, 0.5) is 5.69 Å². The Balaban J connectivity index is 1.56.